The van der Waals surface area contributed by atoms with Gasteiger partial charge in [-0.1, -0.05) is 30.3 Å². The first-order valence-corrected chi connectivity index (χ1v) is 4.96. The molecule has 0 N–H and O–H groups in total. The molecule has 0 aliphatic rings. The number of amides is 1. The molecule has 0 atom stereocenters. The number of rotatable bonds is 6. The molecular weight excluding hydrogens is 174 g/mol. The second-order valence-electron chi connectivity index (χ2n) is 3.46. The highest BCUT2D eigenvalue weighted by Crippen LogP contribution is 2.04. The van der Waals surface area contributed by atoms with E-state index < -0.39 is 0 Å². The molecule has 14 heavy (non-hydrogen) atoms. The van der Waals surface area contributed by atoms with Crippen molar-refractivity contribution in [2.45, 2.75) is 19.3 Å². The summed E-state index contributed by atoms with van der Waals surface area (Å²) in [6, 6.07) is 10.4. The van der Waals surface area contributed by atoms with Gasteiger partial charge in [-0.25, -0.2) is 0 Å². The van der Waals surface area contributed by atoms with Gasteiger partial charge in [-0.15, -0.1) is 0 Å². The van der Waals surface area contributed by atoms with Crippen molar-refractivity contribution in [3.05, 3.63) is 35.9 Å². The SMILES string of the molecule is CN([C]=O)CCCCc1ccccc1. The van der Waals surface area contributed by atoms with Crippen LogP contribution in [0, 0.1) is 0 Å². The molecule has 1 aromatic carbocycles. The quantitative estimate of drug-likeness (QED) is 0.496. The Morgan fingerprint density at radius 1 is 1.21 bits per heavy atom. The van der Waals surface area contributed by atoms with Gasteiger partial charge >= 0.3 is 6.41 Å². The molecule has 0 aromatic heterocycles. The Morgan fingerprint density at radius 2 is 1.93 bits per heavy atom. The van der Waals surface area contributed by atoms with E-state index in [0.29, 0.717) is 0 Å². The van der Waals surface area contributed by atoms with Crippen LogP contribution in [0.1, 0.15) is 18.4 Å². The smallest absolute Gasteiger partial charge is 0.311 e. The third kappa shape index (κ3) is 4.08. The second-order valence-corrected chi connectivity index (χ2v) is 3.46. The molecule has 1 rings (SSSR count). The maximum absolute atomic E-state index is 10.2. The van der Waals surface area contributed by atoms with Crippen LogP contribution < -0.4 is 0 Å². The predicted octanol–water partition coefficient (Wildman–Crippen LogP) is 2.01. The van der Waals surface area contributed by atoms with Crippen molar-refractivity contribution in [1.29, 1.82) is 0 Å². The standard InChI is InChI=1S/C12H16NO/c1-13(11-14)10-6-5-9-12-7-3-2-4-8-12/h2-4,7-8H,5-6,9-10H2,1H3. The van der Waals surface area contributed by atoms with Crippen molar-refractivity contribution < 1.29 is 4.79 Å². The van der Waals surface area contributed by atoms with Crippen LogP contribution in [0.5, 0.6) is 0 Å². The molecule has 0 bridgehead atoms. The number of hydrogen-bond donors (Lipinski definition) is 0. The molecule has 0 saturated heterocycles. The van der Waals surface area contributed by atoms with E-state index in [1.54, 1.807) is 11.9 Å². The number of unbranched alkanes of at least 4 members (excludes halogenated alkanes) is 1. The van der Waals surface area contributed by atoms with Gasteiger partial charge in [0.25, 0.3) is 0 Å². The number of benzene rings is 1. The first-order chi connectivity index (χ1) is 6.83. The second kappa shape index (κ2) is 6.19. The summed E-state index contributed by atoms with van der Waals surface area (Å²) in [5, 5.41) is 0. The van der Waals surface area contributed by atoms with Crippen LogP contribution in [0.4, 0.5) is 0 Å². The monoisotopic (exact) mass is 190 g/mol. The van der Waals surface area contributed by atoms with E-state index in [1.165, 1.54) is 5.56 Å². The minimum absolute atomic E-state index is 0.802. The highest BCUT2D eigenvalue weighted by molar-refractivity contribution is 5.47. The van der Waals surface area contributed by atoms with Crippen molar-refractivity contribution in [2.75, 3.05) is 13.6 Å². The van der Waals surface area contributed by atoms with Crippen LogP contribution in [-0.2, 0) is 11.2 Å². The van der Waals surface area contributed by atoms with Crippen LogP contribution in [0.3, 0.4) is 0 Å². The summed E-state index contributed by atoms with van der Waals surface area (Å²) < 4.78 is 0. The van der Waals surface area contributed by atoms with Gasteiger partial charge in [0, 0.05) is 13.6 Å². The Bertz CT molecular complexity index is 258. The Kier molecular flexibility index (Phi) is 4.76. The van der Waals surface area contributed by atoms with Crippen molar-refractivity contribution in [1.82, 2.24) is 4.90 Å². The van der Waals surface area contributed by atoms with Crippen molar-refractivity contribution in [2.24, 2.45) is 0 Å². The van der Waals surface area contributed by atoms with Crippen LogP contribution in [0.25, 0.3) is 0 Å². The number of aryl methyl sites for hydroxylation is 1. The molecule has 1 radical (unpaired) electrons. The Balaban J connectivity index is 2.13. The lowest BCUT2D eigenvalue weighted by Crippen LogP contribution is -2.16. The van der Waals surface area contributed by atoms with Gasteiger partial charge in [-0.3, -0.25) is 4.79 Å². The topological polar surface area (TPSA) is 20.3 Å². The van der Waals surface area contributed by atoms with E-state index in [2.05, 4.69) is 24.3 Å². The summed E-state index contributed by atoms with van der Waals surface area (Å²) >= 11 is 0. The number of carbonyl (C=O) groups excluding carboxylic acids is 1. The lowest BCUT2D eigenvalue weighted by Gasteiger charge is -2.08. The first kappa shape index (κ1) is 10.8. The zero-order valence-corrected chi connectivity index (χ0v) is 8.57. The van der Waals surface area contributed by atoms with Gasteiger partial charge in [0.15, 0.2) is 0 Å². The van der Waals surface area contributed by atoms with E-state index in [1.807, 2.05) is 12.5 Å². The average Bonchev–Trinajstić information content (AvgIpc) is 2.25. The molecule has 0 unspecified atom stereocenters. The summed E-state index contributed by atoms with van der Waals surface area (Å²) in [7, 11) is 1.76. The van der Waals surface area contributed by atoms with Gasteiger partial charge in [0.2, 0.25) is 0 Å². The maximum Gasteiger partial charge on any atom is 0.311 e. The molecule has 0 spiro atoms. The first-order valence-electron chi connectivity index (χ1n) is 4.96. The normalized spacial score (nSPS) is 9.79. The zero-order valence-electron chi connectivity index (χ0n) is 8.57. The molecule has 2 nitrogen and oxygen atoms in total. The summed E-state index contributed by atoms with van der Waals surface area (Å²) in [6.45, 7) is 0.802. The van der Waals surface area contributed by atoms with E-state index in [9.17, 15) is 4.79 Å². The Labute approximate surface area is 85.5 Å². The molecule has 0 aliphatic heterocycles. The fourth-order valence-electron chi connectivity index (χ4n) is 1.37. The van der Waals surface area contributed by atoms with E-state index >= 15 is 0 Å². The van der Waals surface area contributed by atoms with E-state index in [-0.39, 0.29) is 0 Å². The molecular formula is C12H16NO. The predicted molar refractivity (Wildman–Crippen MR) is 57.7 cm³/mol. The molecule has 75 valence electrons. The Hall–Kier alpha value is -1.31. The minimum Gasteiger partial charge on any atom is -0.338 e. The van der Waals surface area contributed by atoms with Gasteiger partial charge in [0.1, 0.15) is 0 Å². The van der Waals surface area contributed by atoms with Gasteiger partial charge in [-0.05, 0) is 24.8 Å². The highest BCUT2D eigenvalue weighted by atomic mass is 16.1. The molecule has 0 heterocycles. The van der Waals surface area contributed by atoms with Crippen LogP contribution in [0.15, 0.2) is 30.3 Å². The van der Waals surface area contributed by atoms with Crippen molar-refractivity contribution >= 4 is 6.41 Å². The third-order valence-corrected chi connectivity index (χ3v) is 2.21. The maximum atomic E-state index is 10.2. The van der Waals surface area contributed by atoms with Crippen LogP contribution in [0.2, 0.25) is 0 Å². The number of nitrogens with zero attached hydrogens (tertiary/aromatic N) is 1. The fourth-order valence-corrected chi connectivity index (χ4v) is 1.37. The molecule has 0 aliphatic carbocycles. The number of hydrogen-bond acceptors (Lipinski definition) is 1. The largest absolute Gasteiger partial charge is 0.338 e. The van der Waals surface area contributed by atoms with Crippen molar-refractivity contribution in [3.8, 4) is 0 Å². The lowest BCUT2D eigenvalue weighted by molar-refractivity contribution is 0.423. The summed E-state index contributed by atoms with van der Waals surface area (Å²) in [5.41, 5.74) is 1.37. The van der Waals surface area contributed by atoms with Gasteiger partial charge in [-0.2, -0.15) is 0 Å². The lowest BCUT2D eigenvalue weighted by atomic mass is 10.1. The highest BCUT2D eigenvalue weighted by Gasteiger charge is 1.95. The van der Waals surface area contributed by atoms with Gasteiger partial charge < -0.3 is 4.90 Å². The minimum atomic E-state index is 0.802. The van der Waals surface area contributed by atoms with Crippen LogP contribution >= 0.6 is 0 Å². The molecule has 1 aromatic rings. The third-order valence-electron chi connectivity index (χ3n) is 2.21. The van der Waals surface area contributed by atoms with E-state index in [0.717, 1.165) is 25.8 Å². The Morgan fingerprint density at radius 3 is 2.57 bits per heavy atom. The molecule has 2 heteroatoms. The zero-order chi connectivity index (χ0) is 10.2. The average molecular weight is 190 g/mol. The molecule has 0 saturated carbocycles. The summed E-state index contributed by atoms with van der Waals surface area (Å²) in [5.74, 6) is 0. The molecule has 0 fully saturated rings. The van der Waals surface area contributed by atoms with Crippen molar-refractivity contribution in [3.63, 3.8) is 0 Å². The molecule has 1 amide bonds. The fraction of sp³-hybridized carbons (Fsp3) is 0.417. The van der Waals surface area contributed by atoms with E-state index in [4.69, 9.17) is 0 Å². The van der Waals surface area contributed by atoms with Crippen LogP contribution in [-0.4, -0.2) is 24.9 Å². The van der Waals surface area contributed by atoms with Gasteiger partial charge in [0.05, 0.1) is 0 Å². The summed E-state index contributed by atoms with van der Waals surface area (Å²) in [6.07, 6.45) is 5.10. The summed E-state index contributed by atoms with van der Waals surface area (Å²) in [4.78, 5) is 11.7.